The fourth-order valence-electron chi connectivity index (χ4n) is 2.95. The standard InChI is InChI=1S/C18H24N2O6S/c1-5-25-15(23)8-14-20(13(22)9-27-14)6-7-26-18(24)17-10(2)16(12(4)21)11(3)19-17/h8,12,19,21H,5-7,9H2,1-4H3/b14-8-/t12-/m0/s1. The normalized spacial score (nSPS) is 16.7. The molecular weight excluding hydrogens is 372 g/mol. The average Bonchev–Trinajstić information content (AvgIpc) is 3.08. The third-order valence-corrected chi connectivity index (χ3v) is 5.13. The number of hydrogen-bond acceptors (Lipinski definition) is 7. The molecule has 0 radical (unpaired) electrons. The molecule has 1 saturated heterocycles. The highest BCUT2D eigenvalue weighted by Crippen LogP contribution is 2.29. The van der Waals surface area contributed by atoms with Crippen molar-refractivity contribution in [3.63, 3.8) is 0 Å². The van der Waals surface area contributed by atoms with Gasteiger partial charge < -0.3 is 24.5 Å². The fourth-order valence-corrected chi connectivity index (χ4v) is 3.91. The fraction of sp³-hybridized carbons (Fsp3) is 0.500. The molecular formula is C18H24N2O6S. The number of thioether (sulfide) groups is 1. The van der Waals surface area contributed by atoms with Crippen LogP contribution in [0.5, 0.6) is 0 Å². The smallest absolute Gasteiger partial charge is 0.355 e. The minimum atomic E-state index is -0.697. The van der Waals surface area contributed by atoms with Crippen LogP contribution in [0.4, 0.5) is 0 Å². The Morgan fingerprint density at radius 3 is 2.67 bits per heavy atom. The second-order valence-corrected chi connectivity index (χ2v) is 7.04. The number of rotatable bonds is 7. The predicted molar refractivity (Wildman–Crippen MR) is 100 cm³/mol. The molecule has 1 aliphatic rings. The number of aryl methyl sites for hydroxylation is 1. The Labute approximate surface area is 161 Å². The van der Waals surface area contributed by atoms with E-state index in [1.54, 1.807) is 27.7 Å². The molecule has 0 unspecified atom stereocenters. The molecule has 0 saturated carbocycles. The second-order valence-electron chi connectivity index (χ2n) is 6.04. The van der Waals surface area contributed by atoms with E-state index < -0.39 is 18.0 Å². The summed E-state index contributed by atoms with van der Waals surface area (Å²) in [6.07, 6.45) is 0.575. The number of amides is 1. The van der Waals surface area contributed by atoms with E-state index in [-0.39, 0.29) is 37.1 Å². The van der Waals surface area contributed by atoms with Gasteiger partial charge in [-0.25, -0.2) is 9.59 Å². The number of carbonyl (C=O) groups excluding carboxylic acids is 3. The Balaban J connectivity index is 1.99. The van der Waals surface area contributed by atoms with Gasteiger partial charge in [0, 0.05) is 11.3 Å². The van der Waals surface area contributed by atoms with Crippen LogP contribution in [0, 0.1) is 13.8 Å². The number of carbonyl (C=O) groups is 3. The molecule has 0 spiro atoms. The maximum atomic E-state index is 12.3. The van der Waals surface area contributed by atoms with Crippen molar-refractivity contribution in [3.8, 4) is 0 Å². The van der Waals surface area contributed by atoms with Crippen molar-refractivity contribution in [2.75, 3.05) is 25.5 Å². The van der Waals surface area contributed by atoms with Crippen molar-refractivity contribution >= 4 is 29.6 Å². The van der Waals surface area contributed by atoms with Gasteiger partial charge in [-0.2, -0.15) is 0 Å². The molecule has 0 aliphatic carbocycles. The van der Waals surface area contributed by atoms with Crippen molar-refractivity contribution in [2.45, 2.75) is 33.8 Å². The summed E-state index contributed by atoms with van der Waals surface area (Å²) in [5.41, 5.74) is 2.31. The molecule has 0 aromatic carbocycles. The predicted octanol–water partition coefficient (Wildman–Crippen LogP) is 1.82. The molecule has 9 heteroatoms. The van der Waals surface area contributed by atoms with Gasteiger partial charge in [-0.1, -0.05) is 11.8 Å². The lowest BCUT2D eigenvalue weighted by Crippen LogP contribution is -2.29. The molecule has 2 heterocycles. The highest BCUT2D eigenvalue weighted by Gasteiger charge is 2.28. The van der Waals surface area contributed by atoms with Crippen LogP contribution in [0.2, 0.25) is 0 Å². The lowest BCUT2D eigenvalue weighted by Gasteiger charge is -2.16. The van der Waals surface area contributed by atoms with E-state index in [9.17, 15) is 19.5 Å². The van der Waals surface area contributed by atoms with Crippen LogP contribution < -0.4 is 0 Å². The van der Waals surface area contributed by atoms with Gasteiger partial charge in [-0.15, -0.1) is 0 Å². The van der Waals surface area contributed by atoms with Gasteiger partial charge in [-0.05, 0) is 33.3 Å². The zero-order chi connectivity index (χ0) is 20.1. The van der Waals surface area contributed by atoms with E-state index in [4.69, 9.17) is 9.47 Å². The first kappa shape index (κ1) is 21.0. The van der Waals surface area contributed by atoms with E-state index in [0.29, 0.717) is 21.8 Å². The monoisotopic (exact) mass is 396 g/mol. The van der Waals surface area contributed by atoms with Gasteiger partial charge in [0.25, 0.3) is 0 Å². The summed E-state index contributed by atoms with van der Waals surface area (Å²) >= 11 is 1.24. The minimum absolute atomic E-state index is 0.0210. The molecule has 1 aromatic heterocycles. The first-order valence-electron chi connectivity index (χ1n) is 8.62. The van der Waals surface area contributed by atoms with Crippen LogP contribution in [0.1, 0.15) is 47.3 Å². The highest BCUT2D eigenvalue weighted by atomic mass is 32.2. The van der Waals surface area contributed by atoms with Crippen LogP contribution in [0.15, 0.2) is 11.1 Å². The van der Waals surface area contributed by atoms with Gasteiger partial charge >= 0.3 is 11.9 Å². The Kier molecular flexibility index (Phi) is 7.09. The number of hydrogen-bond donors (Lipinski definition) is 2. The van der Waals surface area contributed by atoms with Gasteiger partial charge in [0.05, 0.1) is 36.1 Å². The maximum Gasteiger partial charge on any atom is 0.355 e. The number of nitrogens with one attached hydrogen (secondary N) is 1. The van der Waals surface area contributed by atoms with Gasteiger partial charge in [0.2, 0.25) is 5.91 Å². The SMILES string of the molecule is CCOC(=O)/C=C1\SCC(=O)N1CCOC(=O)c1[nH]c(C)c([C@H](C)O)c1C. The summed E-state index contributed by atoms with van der Waals surface area (Å²) in [7, 11) is 0. The van der Waals surface area contributed by atoms with Crippen molar-refractivity contribution in [2.24, 2.45) is 0 Å². The van der Waals surface area contributed by atoms with Gasteiger partial charge in [-0.3, -0.25) is 4.79 Å². The molecule has 1 aromatic rings. The van der Waals surface area contributed by atoms with Crippen LogP contribution in [-0.4, -0.2) is 58.3 Å². The van der Waals surface area contributed by atoms with Crippen LogP contribution >= 0.6 is 11.8 Å². The molecule has 2 N–H and O–H groups in total. The van der Waals surface area contributed by atoms with Crippen molar-refractivity contribution in [3.05, 3.63) is 33.6 Å². The number of aromatic amines is 1. The number of esters is 2. The first-order chi connectivity index (χ1) is 12.8. The largest absolute Gasteiger partial charge is 0.463 e. The number of aliphatic hydroxyl groups excluding tert-OH is 1. The molecule has 0 bridgehead atoms. The topological polar surface area (TPSA) is 109 Å². The first-order valence-corrected chi connectivity index (χ1v) is 9.60. The van der Waals surface area contributed by atoms with E-state index in [2.05, 4.69) is 4.98 Å². The lowest BCUT2D eigenvalue weighted by molar-refractivity contribution is -0.137. The molecule has 8 nitrogen and oxygen atoms in total. The van der Waals surface area contributed by atoms with E-state index >= 15 is 0 Å². The van der Waals surface area contributed by atoms with Crippen molar-refractivity contribution < 1.29 is 29.0 Å². The van der Waals surface area contributed by atoms with Gasteiger partial charge in [0.15, 0.2) is 0 Å². The quantitative estimate of drug-likeness (QED) is 0.534. The summed E-state index contributed by atoms with van der Waals surface area (Å²) in [6, 6.07) is 0. The summed E-state index contributed by atoms with van der Waals surface area (Å²) in [5.74, 6) is -1.00. The molecule has 1 atom stereocenters. The number of ether oxygens (including phenoxy) is 2. The zero-order valence-corrected chi connectivity index (χ0v) is 16.6. The van der Waals surface area contributed by atoms with E-state index in [1.165, 1.54) is 22.7 Å². The second kappa shape index (κ2) is 9.09. The number of aliphatic hydroxyl groups is 1. The summed E-state index contributed by atoms with van der Waals surface area (Å²) < 4.78 is 10.1. The number of nitrogens with zero attached hydrogens (tertiary/aromatic N) is 1. The molecule has 27 heavy (non-hydrogen) atoms. The summed E-state index contributed by atoms with van der Waals surface area (Å²) in [4.78, 5) is 40.2. The third-order valence-electron chi connectivity index (χ3n) is 4.10. The Bertz CT molecular complexity index is 768. The highest BCUT2D eigenvalue weighted by molar-refractivity contribution is 8.04. The van der Waals surface area contributed by atoms with Crippen LogP contribution in [0.25, 0.3) is 0 Å². The summed E-state index contributed by atoms with van der Waals surface area (Å²) in [5, 5.41) is 10.3. The average molecular weight is 396 g/mol. The molecule has 2 rings (SSSR count). The van der Waals surface area contributed by atoms with E-state index in [1.807, 2.05) is 0 Å². The third kappa shape index (κ3) is 4.92. The molecule has 1 fully saturated rings. The van der Waals surface area contributed by atoms with Crippen LogP contribution in [-0.2, 0) is 19.1 Å². The van der Waals surface area contributed by atoms with E-state index in [0.717, 1.165) is 0 Å². The number of H-pyrrole nitrogens is 1. The summed E-state index contributed by atoms with van der Waals surface area (Å²) in [6.45, 7) is 7.22. The Hall–Kier alpha value is -2.26. The Morgan fingerprint density at radius 1 is 1.37 bits per heavy atom. The number of aromatic nitrogens is 1. The van der Waals surface area contributed by atoms with Crippen molar-refractivity contribution in [1.29, 1.82) is 0 Å². The van der Waals surface area contributed by atoms with Crippen LogP contribution in [0.3, 0.4) is 0 Å². The molecule has 1 amide bonds. The lowest BCUT2D eigenvalue weighted by atomic mass is 10.1. The minimum Gasteiger partial charge on any atom is -0.463 e. The zero-order valence-electron chi connectivity index (χ0n) is 15.8. The van der Waals surface area contributed by atoms with Crippen molar-refractivity contribution in [1.82, 2.24) is 9.88 Å². The maximum absolute atomic E-state index is 12.3. The molecule has 148 valence electrons. The van der Waals surface area contributed by atoms with Gasteiger partial charge in [0.1, 0.15) is 12.3 Å². The Morgan fingerprint density at radius 2 is 2.07 bits per heavy atom. The molecule has 1 aliphatic heterocycles.